The number of anilines is 1. The quantitative estimate of drug-likeness (QED) is 0.831. The molecule has 0 amide bonds. The molecular weight excluding hydrogens is 220 g/mol. The summed E-state index contributed by atoms with van der Waals surface area (Å²) in [7, 11) is 0. The highest BCUT2D eigenvalue weighted by molar-refractivity contribution is 5.62. The van der Waals surface area contributed by atoms with Crippen LogP contribution in [0.2, 0.25) is 0 Å². The van der Waals surface area contributed by atoms with Crippen molar-refractivity contribution in [3.63, 3.8) is 0 Å². The first-order chi connectivity index (χ1) is 8.52. The van der Waals surface area contributed by atoms with Gasteiger partial charge in [0.05, 0.1) is 0 Å². The van der Waals surface area contributed by atoms with Crippen LogP contribution in [0.15, 0.2) is 18.2 Å². The Morgan fingerprint density at radius 3 is 1.89 bits per heavy atom. The SMILES string of the molecule is CCN(CCN)c1c(C(C)C)cccc1C(C)C. The van der Waals surface area contributed by atoms with Gasteiger partial charge < -0.3 is 10.6 Å². The molecule has 0 saturated heterocycles. The van der Waals surface area contributed by atoms with Crippen LogP contribution in [0, 0.1) is 0 Å². The maximum absolute atomic E-state index is 5.75. The predicted octanol–water partition coefficient (Wildman–Crippen LogP) is 3.72. The number of hydrogen-bond acceptors (Lipinski definition) is 2. The molecule has 0 atom stereocenters. The fourth-order valence-electron chi connectivity index (χ4n) is 2.46. The summed E-state index contributed by atoms with van der Waals surface area (Å²) in [5, 5.41) is 0. The molecule has 0 aliphatic heterocycles. The van der Waals surface area contributed by atoms with Crippen molar-refractivity contribution >= 4 is 5.69 Å². The molecule has 0 aromatic heterocycles. The third kappa shape index (κ3) is 3.26. The van der Waals surface area contributed by atoms with Crippen LogP contribution < -0.4 is 10.6 Å². The highest BCUT2D eigenvalue weighted by Crippen LogP contribution is 2.35. The molecule has 0 spiro atoms. The van der Waals surface area contributed by atoms with E-state index in [2.05, 4.69) is 57.7 Å². The molecule has 0 saturated carbocycles. The summed E-state index contributed by atoms with van der Waals surface area (Å²) in [5.74, 6) is 1.09. The number of benzene rings is 1. The summed E-state index contributed by atoms with van der Waals surface area (Å²) in [4.78, 5) is 2.42. The van der Waals surface area contributed by atoms with E-state index in [1.807, 2.05) is 0 Å². The zero-order chi connectivity index (χ0) is 13.7. The molecule has 2 nitrogen and oxygen atoms in total. The van der Waals surface area contributed by atoms with Gasteiger partial charge in [0.25, 0.3) is 0 Å². The first kappa shape index (κ1) is 15.0. The summed E-state index contributed by atoms with van der Waals surface area (Å²) in [5.41, 5.74) is 10.0. The van der Waals surface area contributed by atoms with Gasteiger partial charge in [0.1, 0.15) is 0 Å². The molecule has 0 unspecified atom stereocenters. The first-order valence-electron chi connectivity index (χ1n) is 7.10. The van der Waals surface area contributed by atoms with Gasteiger partial charge >= 0.3 is 0 Å². The van der Waals surface area contributed by atoms with E-state index in [1.165, 1.54) is 16.8 Å². The van der Waals surface area contributed by atoms with Gasteiger partial charge in [0.2, 0.25) is 0 Å². The maximum Gasteiger partial charge on any atom is 0.0436 e. The van der Waals surface area contributed by atoms with E-state index in [0.717, 1.165) is 13.1 Å². The number of rotatable bonds is 6. The summed E-state index contributed by atoms with van der Waals surface area (Å²) >= 11 is 0. The predicted molar refractivity (Wildman–Crippen MR) is 81.6 cm³/mol. The van der Waals surface area contributed by atoms with Gasteiger partial charge in [-0.3, -0.25) is 0 Å². The van der Waals surface area contributed by atoms with E-state index in [1.54, 1.807) is 0 Å². The average molecular weight is 248 g/mol. The van der Waals surface area contributed by atoms with Crippen molar-refractivity contribution in [2.24, 2.45) is 5.73 Å². The molecule has 0 aliphatic carbocycles. The zero-order valence-corrected chi connectivity index (χ0v) is 12.5. The molecule has 18 heavy (non-hydrogen) atoms. The van der Waals surface area contributed by atoms with Crippen LogP contribution in [-0.4, -0.2) is 19.6 Å². The van der Waals surface area contributed by atoms with Gasteiger partial charge in [-0.15, -0.1) is 0 Å². The summed E-state index contributed by atoms with van der Waals surface area (Å²) in [6, 6.07) is 6.70. The number of para-hydroxylation sites is 1. The summed E-state index contributed by atoms with van der Waals surface area (Å²) in [6.07, 6.45) is 0. The second-order valence-electron chi connectivity index (χ2n) is 5.46. The minimum Gasteiger partial charge on any atom is -0.370 e. The smallest absolute Gasteiger partial charge is 0.0436 e. The third-order valence-corrected chi connectivity index (χ3v) is 3.44. The Morgan fingerprint density at radius 2 is 1.56 bits per heavy atom. The Labute approximate surface area is 112 Å². The van der Waals surface area contributed by atoms with Crippen LogP contribution in [0.5, 0.6) is 0 Å². The molecule has 102 valence electrons. The third-order valence-electron chi connectivity index (χ3n) is 3.44. The van der Waals surface area contributed by atoms with E-state index in [4.69, 9.17) is 5.73 Å². The molecule has 0 radical (unpaired) electrons. The second-order valence-corrected chi connectivity index (χ2v) is 5.46. The lowest BCUT2D eigenvalue weighted by molar-refractivity contribution is 0.765. The lowest BCUT2D eigenvalue weighted by Crippen LogP contribution is -2.31. The Morgan fingerprint density at radius 1 is 1.06 bits per heavy atom. The van der Waals surface area contributed by atoms with Gasteiger partial charge in [0, 0.05) is 25.3 Å². The van der Waals surface area contributed by atoms with Gasteiger partial charge in [-0.2, -0.15) is 0 Å². The highest BCUT2D eigenvalue weighted by Gasteiger charge is 2.17. The fourth-order valence-corrected chi connectivity index (χ4v) is 2.46. The van der Waals surface area contributed by atoms with Crippen molar-refractivity contribution in [1.29, 1.82) is 0 Å². The zero-order valence-electron chi connectivity index (χ0n) is 12.5. The monoisotopic (exact) mass is 248 g/mol. The van der Waals surface area contributed by atoms with E-state index < -0.39 is 0 Å². The van der Waals surface area contributed by atoms with Crippen molar-refractivity contribution in [2.45, 2.75) is 46.5 Å². The number of nitrogens with zero attached hydrogens (tertiary/aromatic N) is 1. The van der Waals surface area contributed by atoms with Crippen molar-refractivity contribution in [3.05, 3.63) is 29.3 Å². The van der Waals surface area contributed by atoms with Crippen LogP contribution in [0.3, 0.4) is 0 Å². The maximum atomic E-state index is 5.75. The first-order valence-corrected chi connectivity index (χ1v) is 7.10. The molecule has 2 heteroatoms. The van der Waals surface area contributed by atoms with Gasteiger partial charge in [-0.05, 0) is 29.9 Å². The van der Waals surface area contributed by atoms with Crippen LogP contribution in [0.4, 0.5) is 5.69 Å². The van der Waals surface area contributed by atoms with Gasteiger partial charge in [-0.1, -0.05) is 45.9 Å². The molecule has 0 heterocycles. The summed E-state index contributed by atoms with van der Waals surface area (Å²) < 4.78 is 0. The molecule has 1 aromatic rings. The molecule has 1 aromatic carbocycles. The number of likely N-dealkylation sites (N-methyl/N-ethyl adjacent to an activating group) is 1. The Bertz CT molecular complexity index is 343. The second kappa shape index (κ2) is 6.79. The van der Waals surface area contributed by atoms with E-state index in [9.17, 15) is 0 Å². The summed E-state index contributed by atoms with van der Waals surface area (Å²) in [6.45, 7) is 13.9. The van der Waals surface area contributed by atoms with Crippen LogP contribution in [0.25, 0.3) is 0 Å². The minimum atomic E-state index is 0.547. The fraction of sp³-hybridized carbons (Fsp3) is 0.625. The van der Waals surface area contributed by atoms with Crippen molar-refractivity contribution < 1.29 is 0 Å². The molecule has 0 bridgehead atoms. The topological polar surface area (TPSA) is 29.3 Å². The molecule has 0 aliphatic rings. The standard InChI is InChI=1S/C16H28N2/c1-6-18(11-10-17)16-14(12(2)3)8-7-9-15(16)13(4)5/h7-9,12-13H,6,10-11,17H2,1-5H3. The Hall–Kier alpha value is -1.02. The van der Waals surface area contributed by atoms with Gasteiger partial charge in [0.15, 0.2) is 0 Å². The Kier molecular flexibility index (Phi) is 5.67. The van der Waals surface area contributed by atoms with Crippen molar-refractivity contribution in [2.75, 3.05) is 24.5 Å². The Balaban J connectivity index is 3.33. The number of nitrogens with two attached hydrogens (primary N) is 1. The normalized spacial score (nSPS) is 11.3. The van der Waals surface area contributed by atoms with Crippen LogP contribution in [0.1, 0.15) is 57.6 Å². The molecule has 1 rings (SSSR count). The minimum absolute atomic E-state index is 0.547. The molecule has 2 N–H and O–H groups in total. The van der Waals surface area contributed by atoms with E-state index in [-0.39, 0.29) is 0 Å². The van der Waals surface area contributed by atoms with Gasteiger partial charge in [-0.25, -0.2) is 0 Å². The number of hydrogen-bond donors (Lipinski definition) is 1. The molecular formula is C16H28N2. The van der Waals surface area contributed by atoms with E-state index >= 15 is 0 Å². The van der Waals surface area contributed by atoms with Crippen LogP contribution in [-0.2, 0) is 0 Å². The van der Waals surface area contributed by atoms with Crippen LogP contribution >= 0.6 is 0 Å². The molecule has 0 fully saturated rings. The highest BCUT2D eigenvalue weighted by atomic mass is 15.1. The lowest BCUT2D eigenvalue weighted by atomic mass is 9.92. The largest absolute Gasteiger partial charge is 0.370 e. The van der Waals surface area contributed by atoms with Crippen molar-refractivity contribution in [3.8, 4) is 0 Å². The van der Waals surface area contributed by atoms with E-state index in [0.29, 0.717) is 18.4 Å². The van der Waals surface area contributed by atoms with Crippen molar-refractivity contribution in [1.82, 2.24) is 0 Å². The average Bonchev–Trinajstić information content (AvgIpc) is 2.34. The lowest BCUT2D eigenvalue weighted by Gasteiger charge is -2.30.